The maximum absolute atomic E-state index is 14.3. The van der Waals surface area contributed by atoms with E-state index >= 15 is 0 Å². The van der Waals surface area contributed by atoms with Crippen LogP contribution in [0.2, 0.25) is 0 Å². The number of likely N-dealkylation sites (tertiary alicyclic amines) is 3. The standard InChI is InChI=1S/C15H18BF12N3O3/c17-7-1-4-29(10(7)20)13(23,24)32-16(33-14(25,26)30-5-2-8(18)11(30)21)34-15(27,28)31-6-3-9(19)12(31)22/h7-12H,1-6H2/t7-,8-,9-,10+,11+,12+/m1/s1. The van der Waals surface area contributed by atoms with Gasteiger partial charge in [-0.15, -0.1) is 0 Å². The number of nitrogens with zero attached hydrogens (tertiary/aromatic N) is 3. The zero-order valence-electron chi connectivity index (χ0n) is 16.9. The van der Waals surface area contributed by atoms with Crippen LogP contribution in [0.25, 0.3) is 0 Å². The molecule has 0 amide bonds. The number of hydrogen-bond acceptors (Lipinski definition) is 6. The quantitative estimate of drug-likeness (QED) is 0.259. The molecule has 3 aliphatic rings. The van der Waals surface area contributed by atoms with Crippen LogP contribution in [0.5, 0.6) is 0 Å². The van der Waals surface area contributed by atoms with Crippen molar-refractivity contribution in [1.82, 2.24) is 14.7 Å². The zero-order valence-corrected chi connectivity index (χ0v) is 16.9. The second-order valence-corrected chi connectivity index (χ2v) is 7.71. The van der Waals surface area contributed by atoms with Crippen molar-refractivity contribution < 1.29 is 66.6 Å². The van der Waals surface area contributed by atoms with Crippen molar-refractivity contribution >= 4 is 7.32 Å². The Hall–Kier alpha value is -1.02. The Morgan fingerprint density at radius 2 is 0.735 bits per heavy atom. The largest absolute Gasteiger partial charge is 0.655 e. The van der Waals surface area contributed by atoms with Crippen LogP contribution >= 0.6 is 0 Å². The molecule has 0 unspecified atom stereocenters. The lowest BCUT2D eigenvalue weighted by Crippen LogP contribution is -2.58. The Morgan fingerprint density at radius 3 is 0.912 bits per heavy atom. The Kier molecular flexibility index (Phi) is 7.94. The number of halogens is 12. The molecule has 19 heteroatoms. The summed E-state index contributed by atoms with van der Waals surface area (Å²) in [7, 11) is -3.89. The molecule has 3 saturated heterocycles. The van der Waals surface area contributed by atoms with Gasteiger partial charge < -0.3 is 14.0 Å². The molecule has 198 valence electrons. The molecular formula is C15H18BF12N3O3. The first-order valence-electron chi connectivity index (χ1n) is 9.88. The van der Waals surface area contributed by atoms with Crippen LogP contribution in [0, 0.1) is 0 Å². The fourth-order valence-electron chi connectivity index (χ4n) is 3.60. The number of alkyl halides is 12. The van der Waals surface area contributed by atoms with E-state index in [1.54, 1.807) is 0 Å². The van der Waals surface area contributed by atoms with E-state index in [-0.39, 0.29) is 0 Å². The first-order valence-corrected chi connectivity index (χ1v) is 9.88. The van der Waals surface area contributed by atoms with Crippen LogP contribution in [0.1, 0.15) is 19.3 Å². The first-order chi connectivity index (χ1) is 15.6. The van der Waals surface area contributed by atoms with Crippen molar-refractivity contribution in [3.8, 4) is 0 Å². The molecule has 3 aliphatic heterocycles. The molecule has 0 aromatic heterocycles. The molecule has 0 spiro atoms. The summed E-state index contributed by atoms with van der Waals surface area (Å²) in [6.45, 7) is -3.17. The van der Waals surface area contributed by atoms with Crippen molar-refractivity contribution in [2.75, 3.05) is 19.6 Å². The summed E-state index contributed by atoms with van der Waals surface area (Å²) in [5.74, 6) is 0. The third kappa shape index (κ3) is 5.53. The highest BCUT2D eigenvalue weighted by Gasteiger charge is 2.61. The van der Waals surface area contributed by atoms with Gasteiger partial charge in [-0.2, -0.15) is 41.0 Å². The zero-order chi connectivity index (χ0) is 25.6. The van der Waals surface area contributed by atoms with Gasteiger partial charge in [0.05, 0.1) is 0 Å². The molecule has 0 aromatic carbocycles. The molecule has 3 rings (SSSR count). The predicted molar refractivity (Wildman–Crippen MR) is 87.2 cm³/mol. The summed E-state index contributed by atoms with van der Waals surface area (Å²) in [6, 6.07) is 0. The van der Waals surface area contributed by atoms with Crippen molar-refractivity contribution in [3.05, 3.63) is 0 Å². The third-order valence-electron chi connectivity index (χ3n) is 5.44. The lowest BCUT2D eigenvalue weighted by Gasteiger charge is -2.35. The van der Waals surface area contributed by atoms with Crippen molar-refractivity contribution in [1.29, 1.82) is 0 Å². The minimum atomic E-state index is -5.11. The minimum absolute atomic E-state index is 0.662. The van der Waals surface area contributed by atoms with Gasteiger partial charge >= 0.3 is 26.0 Å². The predicted octanol–water partition coefficient (Wildman–Crippen LogP) is 3.69. The average Bonchev–Trinajstić information content (AvgIpc) is 3.34. The second kappa shape index (κ2) is 9.80. The van der Waals surface area contributed by atoms with Crippen LogP contribution in [0.4, 0.5) is 52.7 Å². The Labute approximate surface area is 184 Å². The van der Waals surface area contributed by atoms with E-state index < -0.39 is 117 Å². The van der Waals surface area contributed by atoms with Crippen LogP contribution in [0.15, 0.2) is 0 Å². The Balaban J connectivity index is 1.82. The summed E-state index contributed by atoms with van der Waals surface area (Å²) >= 11 is 0. The van der Waals surface area contributed by atoms with Crippen molar-refractivity contribution in [3.63, 3.8) is 0 Å². The molecule has 0 aromatic rings. The van der Waals surface area contributed by atoms with E-state index in [0.717, 1.165) is 0 Å². The van der Waals surface area contributed by atoms with Gasteiger partial charge in [0, 0.05) is 19.6 Å². The summed E-state index contributed by atoms with van der Waals surface area (Å²) in [5.41, 5.74) is 0. The van der Waals surface area contributed by atoms with Gasteiger partial charge in [0.25, 0.3) is 0 Å². The van der Waals surface area contributed by atoms with E-state index in [9.17, 15) is 52.7 Å². The van der Waals surface area contributed by atoms with Gasteiger partial charge in [-0.3, -0.25) is 0 Å². The molecule has 0 saturated carbocycles. The molecule has 0 bridgehead atoms. The summed E-state index contributed by atoms with van der Waals surface area (Å²) in [5, 5.41) is 0. The monoisotopic (exact) mass is 527 g/mol. The minimum Gasteiger partial charge on any atom is -0.312 e. The van der Waals surface area contributed by atoms with Crippen LogP contribution in [-0.2, 0) is 14.0 Å². The normalized spacial score (nSPS) is 34.9. The van der Waals surface area contributed by atoms with Crippen LogP contribution in [-0.4, -0.2) is 97.8 Å². The Morgan fingerprint density at radius 1 is 0.500 bits per heavy atom. The van der Waals surface area contributed by atoms with Crippen LogP contribution < -0.4 is 0 Å². The molecule has 3 fully saturated rings. The van der Waals surface area contributed by atoms with E-state index in [1.165, 1.54) is 0 Å². The highest BCUT2D eigenvalue weighted by Crippen LogP contribution is 2.39. The SMILES string of the molecule is F[C@@H]1CCN(C(F)(F)OB(OC(F)(F)N2CC[C@@H](F)[C@H]2F)OC(F)(F)N2CC[C@@H](F)[C@H]2F)[C@@H]1F. The van der Waals surface area contributed by atoms with Gasteiger partial charge in [0.2, 0.25) is 0 Å². The average molecular weight is 527 g/mol. The van der Waals surface area contributed by atoms with E-state index in [1.807, 2.05) is 0 Å². The highest BCUT2D eigenvalue weighted by atomic mass is 19.3. The van der Waals surface area contributed by atoms with E-state index in [2.05, 4.69) is 14.0 Å². The molecular weight excluding hydrogens is 509 g/mol. The summed E-state index contributed by atoms with van der Waals surface area (Å²) in [4.78, 5) is -1.99. The maximum Gasteiger partial charge on any atom is 0.655 e. The summed E-state index contributed by atoms with van der Waals surface area (Å²) in [6.07, 6.45) is -34.3. The molecule has 34 heavy (non-hydrogen) atoms. The van der Waals surface area contributed by atoms with Crippen molar-refractivity contribution in [2.24, 2.45) is 0 Å². The Bertz CT molecular complexity index is 624. The lowest BCUT2D eigenvalue weighted by atomic mass is 10.2. The summed E-state index contributed by atoms with van der Waals surface area (Å²) < 4.78 is 178. The number of hydrogen-bond donors (Lipinski definition) is 0. The van der Waals surface area contributed by atoms with Gasteiger partial charge in [-0.25, -0.2) is 26.3 Å². The molecule has 6 atom stereocenters. The fraction of sp³-hybridized carbons (Fsp3) is 1.00. The van der Waals surface area contributed by atoms with Gasteiger partial charge in [0.1, 0.15) is 18.5 Å². The second-order valence-electron chi connectivity index (χ2n) is 7.71. The smallest absolute Gasteiger partial charge is 0.312 e. The first kappa shape index (κ1) is 27.6. The van der Waals surface area contributed by atoms with Gasteiger partial charge in [-0.1, -0.05) is 0 Å². The molecule has 3 heterocycles. The lowest BCUT2D eigenvalue weighted by molar-refractivity contribution is -0.369. The highest BCUT2D eigenvalue weighted by molar-refractivity contribution is 6.36. The molecule has 6 nitrogen and oxygen atoms in total. The van der Waals surface area contributed by atoms with Gasteiger partial charge in [-0.05, 0) is 19.3 Å². The van der Waals surface area contributed by atoms with Gasteiger partial charge in [0.15, 0.2) is 18.9 Å². The number of rotatable bonds is 9. The molecule has 0 N–H and O–H groups in total. The maximum atomic E-state index is 14.3. The van der Waals surface area contributed by atoms with E-state index in [4.69, 9.17) is 0 Å². The van der Waals surface area contributed by atoms with Crippen molar-refractivity contribution in [2.45, 2.75) is 75.4 Å². The molecule has 0 radical (unpaired) electrons. The van der Waals surface area contributed by atoms with E-state index in [0.29, 0.717) is 0 Å². The fourth-order valence-corrected chi connectivity index (χ4v) is 3.60. The third-order valence-corrected chi connectivity index (χ3v) is 5.44. The van der Waals surface area contributed by atoms with Crippen LogP contribution in [0.3, 0.4) is 0 Å². The topological polar surface area (TPSA) is 37.4 Å². The molecule has 0 aliphatic carbocycles.